The molecular weight excluding hydrogens is 230 g/mol. The summed E-state index contributed by atoms with van der Waals surface area (Å²) in [6.45, 7) is 6.87. The molecule has 1 aromatic carbocycles. The zero-order valence-electron chi connectivity index (χ0n) is 12.8. The second-order valence-corrected chi connectivity index (χ2v) is 6.17. The van der Waals surface area contributed by atoms with Crippen LogP contribution in [0.25, 0.3) is 0 Å². The molecular formula is C18H29N. The van der Waals surface area contributed by atoms with Gasteiger partial charge in [0.05, 0.1) is 0 Å². The van der Waals surface area contributed by atoms with Gasteiger partial charge in [0.15, 0.2) is 0 Å². The Balaban J connectivity index is 1.97. The number of rotatable bonds is 6. The minimum absolute atomic E-state index is 0.471. The van der Waals surface area contributed by atoms with Gasteiger partial charge in [-0.3, -0.25) is 0 Å². The lowest BCUT2D eigenvalue weighted by Crippen LogP contribution is -2.29. The van der Waals surface area contributed by atoms with E-state index in [0.717, 1.165) is 0 Å². The van der Waals surface area contributed by atoms with E-state index in [-0.39, 0.29) is 0 Å². The van der Waals surface area contributed by atoms with Gasteiger partial charge in [-0.2, -0.15) is 0 Å². The van der Waals surface area contributed by atoms with Crippen molar-refractivity contribution in [1.82, 2.24) is 5.32 Å². The Labute approximate surface area is 118 Å². The first-order chi connectivity index (χ1) is 9.20. The average Bonchev–Trinajstić information content (AvgIpc) is 2.44. The van der Waals surface area contributed by atoms with Crippen LogP contribution in [0.5, 0.6) is 0 Å². The summed E-state index contributed by atoms with van der Waals surface area (Å²) in [6, 6.07) is 8.22. The van der Waals surface area contributed by atoms with E-state index >= 15 is 0 Å². The van der Waals surface area contributed by atoms with Crippen LogP contribution in [0, 0.1) is 0 Å². The molecule has 0 radical (unpaired) electrons. The van der Waals surface area contributed by atoms with Crippen molar-refractivity contribution in [3.63, 3.8) is 0 Å². The van der Waals surface area contributed by atoms with Crippen molar-refractivity contribution in [1.29, 1.82) is 0 Å². The molecule has 1 nitrogen and oxygen atoms in total. The topological polar surface area (TPSA) is 12.0 Å². The standard InChI is InChI=1S/C18H29N/c1-4-5-8-14(2)19-15(3)17-12-11-16-9-6-7-10-18(16)13-17/h11-15,19H,4-10H2,1-3H3. The lowest BCUT2D eigenvalue weighted by molar-refractivity contribution is 0.444. The molecule has 2 atom stereocenters. The minimum Gasteiger partial charge on any atom is -0.308 e. The minimum atomic E-state index is 0.471. The molecule has 0 aliphatic heterocycles. The first-order valence-electron chi connectivity index (χ1n) is 8.08. The molecule has 0 spiro atoms. The number of fused-ring (bicyclic) bond motifs is 1. The molecule has 0 aromatic heterocycles. The van der Waals surface area contributed by atoms with Crippen LogP contribution in [0.1, 0.15) is 75.6 Å². The van der Waals surface area contributed by atoms with Crippen LogP contribution in [0.15, 0.2) is 18.2 Å². The van der Waals surface area contributed by atoms with Gasteiger partial charge in [-0.25, -0.2) is 0 Å². The fourth-order valence-electron chi connectivity index (χ4n) is 3.14. The fourth-order valence-corrected chi connectivity index (χ4v) is 3.14. The SMILES string of the molecule is CCCCC(C)NC(C)c1ccc2c(c1)CCCC2. The number of hydrogen-bond acceptors (Lipinski definition) is 1. The molecule has 19 heavy (non-hydrogen) atoms. The van der Waals surface area contributed by atoms with Crippen LogP contribution >= 0.6 is 0 Å². The molecule has 1 aromatic rings. The fraction of sp³-hybridized carbons (Fsp3) is 0.667. The summed E-state index contributed by atoms with van der Waals surface area (Å²) in [7, 11) is 0. The molecule has 1 N–H and O–H groups in total. The molecule has 0 fully saturated rings. The van der Waals surface area contributed by atoms with Crippen LogP contribution in [0.2, 0.25) is 0 Å². The summed E-state index contributed by atoms with van der Waals surface area (Å²) in [6.07, 6.45) is 9.20. The third kappa shape index (κ3) is 4.07. The van der Waals surface area contributed by atoms with Gasteiger partial charge in [0.25, 0.3) is 0 Å². The molecule has 0 saturated heterocycles. The second kappa shape index (κ2) is 7.09. The smallest absolute Gasteiger partial charge is 0.0294 e. The molecule has 1 heteroatoms. The Morgan fingerprint density at radius 1 is 1.11 bits per heavy atom. The van der Waals surface area contributed by atoms with E-state index in [0.29, 0.717) is 12.1 Å². The maximum atomic E-state index is 3.74. The summed E-state index contributed by atoms with van der Waals surface area (Å²) in [5.41, 5.74) is 4.64. The highest BCUT2D eigenvalue weighted by molar-refractivity contribution is 5.35. The normalized spacial score (nSPS) is 17.8. The molecule has 0 amide bonds. The van der Waals surface area contributed by atoms with E-state index in [1.165, 1.54) is 50.5 Å². The zero-order valence-corrected chi connectivity index (χ0v) is 12.8. The van der Waals surface area contributed by atoms with Crippen molar-refractivity contribution >= 4 is 0 Å². The van der Waals surface area contributed by atoms with Crippen LogP contribution in [-0.2, 0) is 12.8 Å². The zero-order chi connectivity index (χ0) is 13.7. The van der Waals surface area contributed by atoms with Crippen LogP contribution in [0.3, 0.4) is 0 Å². The summed E-state index contributed by atoms with van der Waals surface area (Å²) < 4.78 is 0. The van der Waals surface area contributed by atoms with Gasteiger partial charge in [-0.15, -0.1) is 0 Å². The number of benzene rings is 1. The molecule has 0 bridgehead atoms. The number of nitrogens with one attached hydrogen (secondary N) is 1. The second-order valence-electron chi connectivity index (χ2n) is 6.17. The highest BCUT2D eigenvalue weighted by Gasteiger charge is 2.13. The van der Waals surface area contributed by atoms with Gasteiger partial charge in [-0.1, -0.05) is 38.0 Å². The summed E-state index contributed by atoms with van der Waals surface area (Å²) in [5.74, 6) is 0. The molecule has 2 unspecified atom stereocenters. The Hall–Kier alpha value is -0.820. The predicted octanol–water partition coefficient (Wildman–Crippen LogP) is 4.79. The van der Waals surface area contributed by atoms with Gasteiger partial charge in [0.2, 0.25) is 0 Å². The Morgan fingerprint density at radius 2 is 1.84 bits per heavy atom. The van der Waals surface area contributed by atoms with E-state index in [9.17, 15) is 0 Å². The van der Waals surface area contributed by atoms with Crippen molar-refractivity contribution < 1.29 is 0 Å². The molecule has 0 saturated carbocycles. The summed E-state index contributed by atoms with van der Waals surface area (Å²) in [4.78, 5) is 0. The van der Waals surface area contributed by atoms with Crippen molar-refractivity contribution in [2.24, 2.45) is 0 Å². The van der Waals surface area contributed by atoms with Gasteiger partial charge in [-0.05, 0) is 62.6 Å². The molecule has 1 aliphatic carbocycles. The first kappa shape index (κ1) is 14.6. The molecule has 2 rings (SSSR count). The highest BCUT2D eigenvalue weighted by Crippen LogP contribution is 2.25. The maximum Gasteiger partial charge on any atom is 0.0294 e. The van der Waals surface area contributed by atoms with Crippen molar-refractivity contribution in [3.8, 4) is 0 Å². The van der Waals surface area contributed by atoms with E-state index in [2.05, 4.69) is 44.3 Å². The van der Waals surface area contributed by atoms with E-state index < -0.39 is 0 Å². The monoisotopic (exact) mass is 259 g/mol. The van der Waals surface area contributed by atoms with Crippen molar-refractivity contribution in [2.75, 3.05) is 0 Å². The molecule has 106 valence electrons. The number of aryl methyl sites for hydroxylation is 2. The van der Waals surface area contributed by atoms with E-state index in [1.54, 1.807) is 11.1 Å². The highest BCUT2D eigenvalue weighted by atomic mass is 14.9. The number of hydrogen-bond donors (Lipinski definition) is 1. The van der Waals surface area contributed by atoms with Crippen LogP contribution in [-0.4, -0.2) is 6.04 Å². The van der Waals surface area contributed by atoms with Crippen LogP contribution < -0.4 is 5.32 Å². The lowest BCUT2D eigenvalue weighted by Gasteiger charge is -2.23. The maximum absolute atomic E-state index is 3.74. The van der Waals surface area contributed by atoms with E-state index in [1.807, 2.05) is 0 Å². The predicted molar refractivity (Wildman–Crippen MR) is 83.6 cm³/mol. The quantitative estimate of drug-likeness (QED) is 0.774. The van der Waals surface area contributed by atoms with Crippen molar-refractivity contribution in [3.05, 3.63) is 34.9 Å². The van der Waals surface area contributed by atoms with Gasteiger partial charge in [0.1, 0.15) is 0 Å². The summed E-state index contributed by atoms with van der Waals surface area (Å²) in [5, 5.41) is 3.74. The first-order valence-corrected chi connectivity index (χ1v) is 8.08. The van der Waals surface area contributed by atoms with Crippen LogP contribution in [0.4, 0.5) is 0 Å². The Morgan fingerprint density at radius 3 is 2.58 bits per heavy atom. The lowest BCUT2D eigenvalue weighted by atomic mass is 9.89. The number of unbranched alkanes of at least 4 members (excludes halogenated alkanes) is 1. The average molecular weight is 259 g/mol. The van der Waals surface area contributed by atoms with Gasteiger partial charge >= 0.3 is 0 Å². The molecule has 1 aliphatic rings. The largest absolute Gasteiger partial charge is 0.308 e. The Bertz CT molecular complexity index is 397. The third-order valence-corrected chi connectivity index (χ3v) is 4.40. The third-order valence-electron chi connectivity index (χ3n) is 4.40. The van der Waals surface area contributed by atoms with E-state index in [4.69, 9.17) is 0 Å². The summed E-state index contributed by atoms with van der Waals surface area (Å²) >= 11 is 0. The molecule has 0 heterocycles. The van der Waals surface area contributed by atoms with Crippen molar-refractivity contribution in [2.45, 2.75) is 77.8 Å². The van der Waals surface area contributed by atoms with Gasteiger partial charge < -0.3 is 5.32 Å². The van der Waals surface area contributed by atoms with Gasteiger partial charge in [0, 0.05) is 12.1 Å². The Kier molecular flexibility index (Phi) is 5.45.